The maximum atomic E-state index is 12.7. The summed E-state index contributed by atoms with van der Waals surface area (Å²) in [6.07, 6.45) is 2.93. The fourth-order valence-corrected chi connectivity index (χ4v) is 4.29. The predicted octanol–water partition coefficient (Wildman–Crippen LogP) is 5.44. The number of carbonyl (C=O) groups is 3. The van der Waals surface area contributed by atoms with Gasteiger partial charge in [0, 0.05) is 16.1 Å². The van der Waals surface area contributed by atoms with E-state index in [1.807, 2.05) is 12.1 Å². The second-order valence-electron chi connectivity index (χ2n) is 7.32. The molecule has 0 saturated carbocycles. The van der Waals surface area contributed by atoms with Crippen LogP contribution in [0.2, 0.25) is 5.02 Å². The third-order valence-corrected chi connectivity index (χ3v) is 6.11. The number of rotatable bonds is 5. The van der Waals surface area contributed by atoms with E-state index in [2.05, 4.69) is 26.6 Å². The number of halogens is 2. The van der Waals surface area contributed by atoms with Crippen molar-refractivity contribution in [3.05, 3.63) is 92.9 Å². The molecule has 0 spiro atoms. The van der Waals surface area contributed by atoms with Gasteiger partial charge in [-0.25, -0.2) is 4.90 Å². The van der Waals surface area contributed by atoms with Crippen LogP contribution in [0, 0.1) is 0 Å². The molecule has 0 bridgehead atoms. The van der Waals surface area contributed by atoms with E-state index < -0.39 is 17.7 Å². The summed E-state index contributed by atoms with van der Waals surface area (Å²) < 4.78 is 6.12. The van der Waals surface area contributed by atoms with Gasteiger partial charge < -0.3 is 10.1 Å². The smallest absolute Gasteiger partial charge is 0.266 e. The molecule has 10 heteroatoms. The Balaban J connectivity index is 1.42. The molecule has 1 aliphatic heterocycles. The molecule has 35 heavy (non-hydrogen) atoms. The Morgan fingerprint density at radius 1 is 1.06 bits per heavy atom. The number of methoxy groups -OCH3 is 1. The number of imide groups is 1. The summed E-state index contributed by atoms with van der Waals surface area (Å²) in [6.45, 7) is 0. The van der Waals surface area contributed by atoms with Crippen LogP contribution in [0.1, 0.15) is 26.3 Å². The molecule has 3 aromatic rings. The highest BCUT2D eigenvalue weighted by Gasteiger charge is 2.36. The van der Waals surface area contributed by atoms with E-state index >= 15 is 0 Å². The Hall–Kier alpha value is -3.53. The van der Waals surface area contributed by atoms with E-state index in [0.717, 1.165) is 9.37 Å². The minimum Gasteiger partial charge on any atom is -0.496 e. The monoisotopic (exact) mass is 569 g/mol. The van der Waals surface area contributed by atoms with Gasteiger partial charge >= 0.3 is 0 Å². The number of nitrogens with one attached hydrogen (secondary N) is 2. The average molecular weight is 571 g/mol. The summed E-state index contributed by atoms with van der Waals surface area (Å²) in [5.41, 5.74) is 2.12. The van der Waals surface area contributed by atoms with Crippen molar-refractivity contribution in [3.63, 3.8) is 0 Å². The van der Waals surface area contributed by atoms with Gasteiger partial charge in [0.2, 0.25) is 5.91 Å². The lowest BCUT2D eigenvalue weighted by molar-refractivity contribution is -0.115. The van der Waals surface area contributed by atoms with Crippen molar-refractivity contribution in [1.82, 2.24) is 5.32 Å². The van der Waals surface area contributed by atoms with Crippen molar-refractivity contribution in [1.29, 1.82) is 0 Å². The third-order valence-electron chi connectivity index (χ3n) is 5.10. The summed E-state index contributed by atoms with van der Waals surface area (Å²) in [6, 6.07) is 16.7. The molecule has 1 aliphatic rings. The first-order chi connectivity index (χ1) is 16.8. The van der Waals surface area contributed by atoms with Gasteiger partial charge in [-0.3, -0.25) is 19.7 Å². The lowest BCUT2D eigenvalue weighted by Crippen LogP contribution is -2.33. The van der Waals surface area contributed by atoms with E-state index in [9.17, 15) is 14.4 Å². The number of benzene rings is 3. The Morgan fingerprint density at radius 2 is 1.74 bits per heavy atom. The molecule has 3 aromatic carbocycles. The van der Waals surface area contributed by atoms with Gasteiger partial charge in [-0.2, -0.15) is 0 Å². The lowest BCUT2D eigenvalue weighted by Gasteiger charge is -2.16. The molecule has 0 radical (unpaired) electrons. The third kappa shape index (κ3) is 5.27. The van der Waals surface area contributed by atoms with E-state index in [4.69, 9.17) is 28.6 Å². The molecule has 0 atom stereocenters. The largest absolute Gasteiger partial charge is 0.496 e. The summed E-state index contributed by atoms with van der Waals surface area (Å²) in [7, 11) is 1.54. The number of hydrogen-bond acceptors (Lipinski definition) is 5. The van der Waals surface area contributed by atoms with Crippen LogP contribution in [0.15, 0.2) is 71.2 Å². The van der Waals surface area contributed by atoms with Gasteiger partial charge in [0.1, 0.15) is 5.75 Å². The first-order valence-corrected chi connectivity index (χ1v) is 11.8. The minimum absolute atomic E-state index is 0.0243. The molecule has 7 nitrogen and oxygen atoms in total. The second-order valence-corrected chi connectivity index (χ2v) is 9.05. The molecule has 3 amide bonds. The van der Waals surface area contributed by atoms with Gasteiger partial charge in [0.15, 0.2) is 5.11 Å². The van der Waals surface area contributed by atoms with Crippen LogP contribution < -0.4 is 20.3 Å². The minimum atomic E-state index is -0.455. The molecule has 176 valence electrons. The van der Waals surface area contributed by atoms with Crippen LogP contribution in [-0.4, -0.2) is 29.9 Å². The van der Waals surface area contributed by atoms with Crippen molar-refractivity contribution in [2.45, 2.75) is 0 Å². The Labute approximate surface area is 219 Å². The van der Waals surface area contributed by atoms with Crippen LogP contribution >= 0.6 is 39.7 Å². The number of anilines is 2. The maximum absolute atomic E-state index is 12.7. The zero-order chi connectivity index (χ0) is 25.1. The standard InChI is InChI=1S/C25H17BrClN3O4S/c1-34-21-10-7-15(26)12-14(21)6-11-22(31)29-25(35)28-20-9-8-16(13-19(20)27)30-23(32)17-4-2-3-5-18(17)24(30)33/h2-13H,1H3,(H2,28,29,31,35)/b11-6+. The van der Waals surface area contributed by atoms with E-state index in [0.29, 0.717) is 33.8 Å². The molecule has 0 fully saturated rings. The summed E-state index contributed by atoms with van der Waals surface area (Å²) in [5.74, 6) is -0.677. The molecular formula is C25H17BrClN3O4S. The van der Waals surface area contributed by atoms with Crippen molar-refractivity contribution in [2.24, 2.45) is 0 Å². The van der Waals surface area contributed by atoms with Crippen LogP contribution in [0.5, 0.6) is 5.75 Å². The van der Waals surface area contributed by atoms with Crippen LogP contribution in [-0.2, 0) is 4.79 Å². The number of carbonyl (C=O) groups excluding carboxylic acids is 3. The zero-order valence-electron chi connectivity index (χ0n) is 18.2. The first-order valence-electron chi connectivity index (χ1n) is 10.2. The normalized spacial score (nSPS) is 12.6. The van der Waals surface area contributed by atoms with Gasteiger partial charge in [0.05, 0.1) is 34.6 Å². The average Bonchev–Trinajstić information content (AvgIpc) is 3.09. The second kappa shape index (κ2) is 10.4. The van der Waals surface area contributed by atoms with Crippen molar-refractivity contribution < 1.29 is 19.1 Å². The molecule has 1 heterocycles. The van der Waals surface area contributed by atoms with Crippen molar-refractivity contribution in [3.8, 4) is 5.75 Å². The van der Waals surface area contributed by atoms with Crippen LogP contribution in [0.3, 0.4) is 0 Å². The fourth-order valence-electron chi connectivity index (χ4n) is 3.48. The highest BCUT2D eigenvalue weighted by molar-refractivity contribution is 9.10. The summed E-state index contributed by atoms with van der Waals surface area (Å²) >= 11 is 15.0. The van der Waals surface area contributed by atoms with E-state index in [1.54, 1.807) is 55.7 Å². The molecule has 0 aliphatic carbocycles. The highest BCUT2D eigenvalue weighted by Crippen LogP contribution is 2.33. The van der Waals surface area contributed by atoms with Gasteiger partial charge in [0.25, 0.3) is 11.8 Å². The van der Waals surface area contributed by atoms with Gasteiger partial charge in [-0.05, 0) is 66.8 Å². The molecule has 4 rings (SSSR count). The topological polar surface area (TPSA) is 87.7 Å². The Morgan fingerprint density at radius 3 is 2.37 bits per heavy atom. The van der Waals surface area contributed by atoms with Gasteiger partial charge in [-0.15, -0.1) is 0 Å². The zero-order valence-corrected chi connectivity index (χ0v) is 21.3. The number of thiocarbonyl (C=S) groups is 1. The predicted molar refractivity (Wildman–Crippen MR) is 143 cm³/mol. The summed E-state index contributed by atoms with van der Waals surface area (Å²) in [4.78, 5) is 38.7. The van der Waals surface area contributed by atoms with E-state index in [1.165, 1.54) is 12.1 Å². The molecular weight excluding hydrogens is 554 g/mol. The molecule has 2 N–H and O–H groups in total. The fraction of sp³-hybridized carbons (Fsp3) is 0.0400. The van der Waals surface area contributed by atoms with Crippen LogP contribution in [0.4, 0.5) is 11.4 Å². The Bertz CT molecular complexity index is 1370. The number of hydrogen-bond donors (Lipinski definition) is 2. The van der Waals surface area contributed by atoms with Crippen LogP contribution in [0.25, 0.3) is 6.08 Å². The number of ether oxygens (including phenoxy) is 1. The number of amides is 3. The first kappa shape index (κ1) is 24.6. The highest BCUT2D eigenvalue weighted by atomic mass is 79.9. The maximum Gasteiger partial charge on any atom is 0.266 e. The lowest BCUT2D eigenvalue weighted by atomic mass is 10.1. The Kier molecular flexibility index (Phi) is 7.30. The summed E-state index contributed by atoms with van der Waals surface area (Å²) in [5, 5.41) is 5.62. The molecule has 0 saturated heterocycles. The van der Waals surface area contributed by atoms with Crippen molar-refractivity contribution >= 4 is 80.0 Å². The SMILES string of the molecule is COc1ccc(Br)cc1/C=C/C(=O)NC(=S)Nc1ccc(N2C(=O)c3ccccc3C2=O)cc1Cl. The molecule has 0 aromatic heterocycles. The quantitative estimate of drug-likeness (QED) is 0.241. The van der Waals surface area contributed by atoms with Gasteiger partial charge in [-0.1, -0.05) is 39.7 Å². The number of nitrogens with zero attached hydrogens (tertiary/aromatic N) is 1. The van der Waals surface area contributed by atoms with E-state index in [-0.39, 0.29) is 10.1 Å². The molecule has 0 unspecified atom stereocenters. The number of fused-ring (bicyclic) bond motifs is 1. The van der Waals surface area contributed by atoms with Crippen molar-refractivity contribution in [2.75, 3.05) is 17.3 Å².